The zero-order valence-electron chi connectivity index (χ0n) is 17.9. The standard InChI is InChI=1S/C29H23NO2/c1-2-31-24-17-11-16-23(20-24)25-18-9-10-19-26(25)29-30-27(21-12-5-3-6-13-21)28(32-29)22-14-7-4-8-15-22/h3-20H,2H2,1H3. The molecular formula is C29H23NO2. The monoisotopic (exact) mass is 417 g/mol. The van der Waals surface area contributed by atoms with Crippen molar-refractivity contribution in [3.05, 3.63) is 109 Å². The van der Waals surface area contributed by atoms with Crippen molar-refractivity contribution in [3.63, 3.8) is 0 Å². The van der Waals surface area contributed by atoms with Gasteiger partial charge < -0.3 is 9.15 Å². The van der Waals surface area contributed by atoms with E-state index in [1.54, 1.807) is 0 Å². The van der Waals surface area contributed by atoms with E-state index in [-0.39, 0.29) is 0 Å². The minimum absolute atomic E-state index is 0.597. The molecule has 0 fully saturated rings. The second-order valence-electron chi connectivity index (χ2n) is 7.44. The Bertz CT molecular complexity index is 1270. The SMILES string of the molecule is CCOc1cccc(-c2ccccc2-c2nc(-c3ccccc3)c(-c3ccccc3)o2)c1. The molecule has 156 valence electrons. The van der Waals surface area contributed by atoms with Crippen LogP contribution in [0.3, 0.4) is 0 Å². The van der Waals surface area contributed by atoms with Gasteiger partial charge in [-0.25, -0.2) is 4.98 Å². The van der Waals surface area contributed by atoms with Crippen LogP contribution >= 0.6 is 0 Å². The highest BCUT2D eigenvalue weighted by Gasteiger charge is 2.20. The Morgan fingerprint density at radius 3 is 2.00 bits per heavy atom. The van der Waals surface area contributed by atoms with Gasteiger partial charge in [0.05, 0.1) is 6.61 Å². The molecule has 0 aliphatic carbocycles. The van der Waals surface area contributed by atoms with Crippen molar-refractivity contribution in [3.8, 4) is 50.9 Å². The molecule has 0 N–H and O–H groups in total. The molecule has 1 aromatic heterocycles. The zero-order valence-corrected chi connectivity index (χ0v) is 17.9. The van der Waals surface area contributed by atoms with E-state index in [2.05, 4.69) is 36.4 Å². The summed E-state index contributed by atoms with van der Waals surface area (Å²) >= 11 is 0. The highest BCUT2D eigenvalue weighted by Crippen LogP contribution is 2.39. The van der Waals surface area contributed by atoms with Crippen LogP contribution in [0.15, 0.2) is 114 Å². The Labute approximate surface area is 188 Å². The van der Waals surface area contributed by atoms with Crippen LogP contribution in [0.2, 0.25) is 0 Å². The van der Waals surface area contributed by atoms with Gasteiger partial charge in [0.1, 0.15) is 11.4 Å². The number of benzene rings is 4. The summed E-state index contributed by atoms with van der Waals surface area (Å²) < 4.78 is 12.2. The van der Waals surface area contributed by atoms with E-state index in [0.29, 0.717) is 12.5 Å². The largest absolute Gasteiger partial charge is 0.494 e. The fourth-order valence-corrected chi connectivity index (χ4v) is 3.85. The lowest BCUT2D eigenvalue weighted by atomic mass is 9.99. The summed E-state index contributed by atoms with van der Waals surface area (Å²) in [6.45, 7) is 2.62. The van der Waals surface area contributed by atoms with Gasteiger partial charge in [-0.15, -0.1) is 0 Å². The molecule has 0 saturated heterocycles. The van der Waals surface area contributed by atoms with Gasteiger partial charge in [-0.2, -0.15) is 0 Å². The van der Waals surface area contributed by atoms with Gasteiger partial charge in [-0.05, 0) is 36.2 Å². The number of nitrogens with zero attached hydrogens (tertiary/aromatic N) is 1. The second kappa shape index (κ2) is 8.94. The number of ether oxygens (including phenoxy) is 1. The first kappa shape index (κ1) is 19.8. The summed E-state index contributed by atoms with van der Waals surface area (Å²) in [6.07, 6.45) is 0. The molecule has 0 amide bonds. The summed E-state index contributed by atoms with van der Waals surface area (Å²) in [5.41, 5.74) is 5.92. The Morgan fingerprint density at radius 2 is 1.28 bits per heavy atom. The molecule has 3 heteroatoms. The van der Waals surface area contributed by atoms with E-state index >= 15 is 0 Å². The number of rotatable bonds is 6. The average Bonchev–Trinajstić information content (AvgIpc) is 3.31. The quantitative estimate of drug-likeness (QED) is 0.283. The summed E-state index contributed by atoms with van der Waals surface area (Å²) in [5.74, 6) is 2.21. The van der Waals surface area contributed by atoms with Gasteiger partial charge in [-0.1, -0.05) is 91.0 Å². The van der Waals surface area contributed by atoms with Crippen LogP contribution < -0.4 is 4.74 Å². The molecular weight excluding hydrogens is 394 g/mol. The molecule has 0 unspecified atom stereocenters. The highest BCUT2D eigenvalue weighted by atomic mass is 16.5. The van der Waals surface area contributed by atoms with Crippen molar-refractivity contribution < 1.29 is 9.15 Å². The van der Waals surface area contributed by atoms with E-state index in [1.165, 1.54) is 0 Å². The van der Waals surface area contributed by atoms with Crippen LogP contribution in [0.1, 0.15) is 6.92 Å². The van der Waals surface area contributed by atoms with Crippen LogP contribution in [0, 0.1) is 0 Å². The lowest BCUT2D eigenvalue weighted by molar-refractivity contribution is 0.340. The minimum atomic E-state index is 0.597. The maximum Gasteiger partial charge on any atom is 0.227 e. The highest BCUT2D eigenvalue weighted by molar-refractivity contribution is 5.84. The molecule has 0 radical (unpaired) electrons. The minimum Gasteiger partial charge on any atom is -0.494 e. The van der Waals surface area contributed by atoms with Crippen molar-refractivity contribution in [2.75, 3.05) is 6.61 Å². The molecule has 4 aromatic carbocycles. The summed E-state index contributed by atoms with van der Waals surface area (Å²) in [5, 5.41) is 0. The first-order chi connectivity index (χ1) is 15.8. The third-order valence-corrected chi connectivity index (χ3v) is 5.32. The van der Waals surface area contributed by atoms with Gasteiger partial charge in [0.2, 0.25) is 5.89 Å². The van der Waals surface area contributed by atoms with Gasteiger partial charge in [-0.3, -0.25) is 0 Å². The van der Waals surface area contributed by atoms with Crippen LogP contribution in [0.25, 0.3) is 45.2 Å². The Kier molecular flexibility index (Phi) is 5.54. The molecule has 0 aliphatic heterocycles. The molecule has 5 rings (SSSR count). The lowest BCUT2D eigenvalue weighted by Gasteiger charge is -2.09. The number of aromatic nitrogens is 1. The number of hydrogen-bond acceptors (Lipinski definition) is 3. The maximum absolute atomic E-state index is 6.44. The molecule has 32 heavy (non-hydrogen) atoms. The molecule has 0 spiro atoms. The topological polar surface area (TPSA) is 35.3 Å². The molecule has 5 aromatic rings. The Hall–Kier alpha value is -4.11. The van der Waals surface area contributed by atoms with Gasteiger partial charge >= 0.3 is 0 Å². The second-order valence-corrected chi connectivity index (χ2v) is 7.44. The van der Waals surface area contributed by atoms with Crippen LogP contribution in [-0.4, -0.2) is 11.6 Å². The van der Waals surface area contributed by atoms with Crippen molar-refractivity contribution in [1.82, 2.24) is 4.98 Å². The Morgan fingerprint density at radius 1 is 0.656 bits per heavy atom. The fourth-order valence-electron chi connectivity index (χ4n) is 3.85. The Balaban J connectivity index is 1.67. The van der Waals surface area contributed by atoms with Crippen molar-refractivity contribution in [2.24, 2.45) is 0 Å². The predicted molar refractivity (Wildman–Crippen MR) is 129 cm³/mol. The van der Waals surface area contributed by atoms with Gasteiger partial charge in [0.15, 0.2) is 5.76 Å². The van der Waals surface area contributed by atoms with E-state index < -0.39 is 0 Å². The van der Waals surface area contributed by atoms with Crippen LogP contribution in [0.4, 0.5) is 0 Å². The molecule has 0 atom stereocenters. The average molecular weight is 418 g/mol. The molecule has 0 bridgehead atoms. The van der Waals surface area contributed by atoms with Gasteiger partial charge in [0.25, 0.3) is 0 Å². The predicted octanol–water partition coefficient (Wildman–Crippen LogP) is 7.74. The van der Waals surface area contributed by atoms with Crippen molar-refractivity contribution >= 4 is 0 Å². The summed E-state index contributed by atoms with van der Waals surface area (Å²) in [7, 11) is 0. The maximum atomic E-state index is 6.44. The third kappa shape index (κ3) is 3.93. The summed E-state index contributed by atoms with van der Waals surface area (Å²) in [4.78, 5) is 4.97. The van der Waals surface area contributed by atoms with E-state index in [1.807, 2.05) is 79.7 Å². The molecule has 0 aliphatic rings. The van der Waals surface area contributed by atoms with Crippen molar-refractivity contribution in [1.29, 1.82) is 0 Å². The summed E-state index contributed by atoms with van der Waals surface area (Å²) in [6, 6.07) is 36.6. The smallest absolute Gasteiger partial charge is 0.227 e. The molecule has 3 nitrogen and oxygen atoms in total. The normalized spacial score (nSPS) is 10.8. The van der Waals surface area contributed by atoms with Crippen LogP contribution in [0.5, 0.6) is 5.75 Å². The molecule has 0 saturated carbocycles. The van der Waals surface area contributed by atoms with E-state index in [0.717, 1.165) is 45.0 Å². The first-order valence-corrected chi connectivity index (χ1v) is 10.8. The van der Waals surface area contributed by atoms with Crippen molar-refractivity contribution in [2.45, 2.75) is 6.92 Å². The molecule has 1 heterocycles. The van der Waals surface area contributed by atoms with E-state index in [9.17, 15) is 0 Å². The zero-order chi connectivity index (χ0) is 21.8. The van der Waals surface area contributed by atoms with Crippen LogP contribution in [-0.2, 0) is 0 Å². The number of hydrogen-bond donors (Lipinski definition) is 0. The number of oxazole rings is 1. The lowest BCUT2D eigenvalue weighted by Crippen LogP contribution is -1.92. The van der Waals surface area contributed by atoms with E-state index in [4.69, 9.17) is 14.1 Å². The van der Waals surface area contributed by atoms with Gasteiger partial charge in [0, 0.05) is 16.7 Å². The fraction of sp³-hybridized carbons (Fsp3) is 0.0690. The first-order valence-electron chi connectivity index (χ1n) is 10.8. The third-order valence-electron chi connectivity index (χ3n) is 5.32.